The number of aromatic nitrogens is 1. The maximum atomic E-state index is 12.3. The van der Waals surface area contributed by atoms with Crippen molar-refractivity contribution in [3.63, 3.8) is 0 Å². The molecule has 108 valence electrons. The molecule has 1 aliphatic heterocycles. The van der Waals surface area contributed by atoms with Gasteiger partial charge in [-0.15, -0.1) is 0 Å². The van der Waals surface area contributed by atoms with Crippen molar-refractivity contribution < 1.29 is 14.3 Å². The van der Waals surface area contributed by atoms with E-state index in [4.69, 9.17) is 21.1 Å². The van der Waals surface area contributed by atoms with Gasteiger partial charge in [0.15, 0.2) is 11.5 Å². The Bertz CT molecular complexity index is 690. The highest BCUT2D eigenvalue weighted by atomic mass is 35.5. The van der Waals surface area contributed by atoms with Crippen LogP contribution in [-0.2, 0) is 6.54 Å². The second kappa shape index (κ2) is 5.61. The highest BCUT2D eigenvalue weighted by Gasteiger charge is 2.17. The molecular formula is C15H13ClN2O3. The third-order valence-electron chi connectivity index (χ3n) is 3.14. The van der Waals surface area contributed by atoms with Gasteiger partial charge in [0, 0.05) is 13.6 Å². The van der Waals surface area contributed by atoms with Crippen LogP contribution >= 0.6 is 11.6 Å². The van der Waals surface area contributed by atoms with Gasteiger partial charge in [-0.2, -0.15) is 0 Å². The summed E-state index contributed by atoms with van der Waals surface area (Å²) in [6.45, 7) is 0.684. The number of ether oxygens (including phenoxy) is 2. The van der Waals surface area contributed by atoms with Crippen LogP contribution < -0.4 is 9.47 Å². The number of hydrogen-bond acceptors (Lipinski definition) is 4. The average molecular weight is 305 g/mol. The Morgan fingerprint density at radius 3 is 2.90 bits per heavy atom. The summed E-state index contributed by atoms with van der Waals surface area (Å²) >= 11 is 5.81. The fourth-order valence-electron chi connectivity index (χ4n) is 2.11. The molecule has 0 radical (unpaired) electrons. The van der Waals surface area contributed by atoms with Crippen molar-refractivity contribution in [1.82, 2.24) is 9.88 Å². The first-order valence-electron chi connectivity index (χ1n) is 6.40. The molecule has 0 N–H and O–H groups in total. The van der Waals surface area contributed by atoms with E-state index in [0.717, 1.165) is 11.3 Å². The normalized spacial score (nSPS) is 12.3. The second-order valence-corrected chi connectivity index (χ2v) is 5.08. The Labute approximate surface area is 127 Å². The van der Waals surface area contributed by atoms with E-state index >= 15 is 0 Å². The number of hydrogen-bond donors (Lipinski definition) is 0. The molecular weight excluding hydrogens is 292 g/mol. The monoisotopic (exact) mass is 304 g/mol. The highest BCUT2D eigenvalue weighted by Crippen LogP contribution is 2.32. The first-order valence-corrected chi connectivity index (χ1v) is 6.78. The zero-order chi connectivity index (χ0) is 14.8. The van der Waals surface area contributed by atoms with Crippen LogP contribution in [0.2, 0.25) is 5.15 Å². The molecule has 0 unspecified atom stereocenters. The summed E-state index contributed by atoms with van der Waals surface area (Å²) in [6, 6.07) is 10.6. The molecule has 1 aromatic heterocycles. The van der Waals surface area contributed by atoms with E-state index in [1.165, 1.54) is 0 Å². The fourth-order valence-corrected chi connectivity index (χ4v) is 2.27. The minimum atomic E-state index is -0.185. The van der Waals surface area contributed by atoms with Gasteiger partial charge in [-0.05, 0) is 29.8 Å². The highest BCUT2D eigenvalue weighted by molar-refractivity contribution is 6.29. The zero-order valence-corrected chi connectivity index (χ0v) is 12.1. The lowest BCUT2D eigenvalue weighted by Gasteiger charge is -2.17. The molecule has 1 amide bonds. The molecule has 1 aromatic carbocycles. The van der Waals surface area contributed by atoms with Crippen molar-refractivity contribution in [3.05, 3.63) is 52.8 Å². The van der Waals surface area contributed by atoms with Gasteiger partial charge in [-0.1, -0.05) is 23.7 Å². The lowest BCUT2D eigenvalue weighted by atomic mass is 10.2. The number of fused-ring (bicyclic) bond motifs is 1. The van der Waals surface area contributed by atoms with Gasteiger partial charge in [-0.25, -0.2) is 4.98 Å². The van der Waals surface area contributed by atoms with E-state index in [-0.39, 0.29) is 12.7 Å². The predicted octanol–water partition coefficient (Wildman–Crippen LogP) is 2.74. The van der Waals surface area contributed by atoms with E-state index < -0.39 is 0 Å². The summed E-state index contributed by atoms with van der Waals surface area (Å²) in [5.41, 5.74) is 1.28. The summed E-state index contributed by atoms with van der Waals surface area (Å²) in [5.74, 6) is 1.24. The predicted molar refractivity (Wildman–Crippen MR) is 77.6 cm³/mol. The lowest BCUT2D eigenvalue weighted by molar-refractivity contribution is 0.0779. The molecule has 1 aliphatic rings. The van der Waals surface area contributed by atoms with Crippen LogP contribution in [0.25, 0.3) is 0 Å². The van der Waals surface area contributed by atoms with Crippen LogP contribution in [-0.4, -0.2) is 29.6 Å². The number of rotatable bonds is 3. The molecule has 0 atom stereocenters. The molecule has 0 fully saturated rings. The minimum absolute atomic E-state index is 0.185. The molecule has 0 saturated heterocycles. The van der Waals surface area contributed by atoms with E-state index in [9.17, 15) is 4.79 Å². The smallest absolute Gasteiger partial charge is 0.272 e. The van der Waals surface area contributed by atoms with Crippen molar-refractivity contribution in [2.45, 2.75) is 6.54 Å². The first kappa shape index (κ1) is 13.7. The lowest BCUT2D eigenvalue weighted by Crippen LogP contribution is -2.27. The number of halogens is 1. The van der Waals surface area contributed by atoms with Gasteiger partial charge >= 0.3 is 0 Å². The van der Waals surface area contributed by atoms with Gasteiger partial charge < -0.3 is 14.4 Å². The maximum Gasteiger partial charge on any atom is 0.272 e. The Morgan fingerprint density at radius 2 is 2.10 bits per heavy atom. The SMILES string of the molecule is CN(Cc1ccc2c(c1)OCO2)C(=O)c1cccc(Cl)n1. The van der Waals surface area contributed by atoms with Crippen LogP contribution in [0.5, 0.6) is 11.5 Å². The number of carbonyl (C=O) groups excluding carboxylic acids is 1. The van der Waals surface area contributed by atoms with Crippen molar-refractivity contribution in [3.8, 4) is 11.5 Å². The van der Waals surface area contributed by atoms with Crippen LogP contribution in [0, 0.1) is 0 Å². The average Bonchev–Trinajstić information content (AvgIpc) is 2.94. The quantitative estimate of drug-likeness (QED) is 0.818. The molecule has 6 heteroatoms. The Morgan fingerprint density at radius 1 is 1.29 bits per heavy atom. The Kier molecular flexibility index (Phi) is 3.66. The first-order chi connectivity index (χ1) is 10.1. The summed E-state index contributed by atoms with van der Waals surface area (Å²) in [7, 11) is 1.72. The molecule has 5 nitrogen and oxygen atoms in total. The Hall–Kier alpha value is -2.27. The summed E-state index contributed by atoms with van der Waals surface area (Å²) in [4.78, 5) is 17.9. The number of nitrogens with zero attached hydrogens (tertiary/aromatic N) is 2. The molecule has 2 heterocycles. The molecule has 0 bridgehead atoms. The number of amides is 1. The summed E-state index contributed by atoms with van der Waals surface area (Å²) < 4.78 is 10.6. The number of pyridine rings is 1. The fraction of sp³-hybridized carbons (Fsp3) is 0.200. The van der Waals surface area contributed by atoms with Crippen molar-refractivity contribution >= 4 is 17.5 Å². The largest absolute Gasteiger partial charge is 0.454 e. The molecule has 2 aromatic rings. The second-order valence-electron chi connectivity index (χ2n) is 4.69. The van der Waals surface area contributed by atoms with Gasteiger partial charge in [-0.3, -0.25) is 4.79 Å². The molecule has 0 saturated carbocycles. The van der Waals surface area contributed by atoms with Crippen LogP contribution in [0.1, 0.15) is 16.1 Å². The van der Waals surface area contributed by atoms with Crippen LogP contribution in [0.3, 0.4) is 0 Å². The van der Waals surface area contributed by atoms with Gasteiger partial charge in [0.25, 0.3) is 5.91 Å². The van der Waals surface area contributed by atoms with Crippen molar-refractivity contribution in [2.24, 2.45) is 0 Å². The van der Waals surface area contributed by atoms with Gasteiger partial charge in [0.1, 0.15) is 10.8 Å². The van der Waals surface area contributed by atoms with E-state index in [0.29, 0.717) is 23.1 Å². The van der Waals surface area contributed by atoms with Crippen LogP contribution in [0.4, 0.5) is 0 Å². The molecule has 0 aliphatic carbocycles. The number of carbonyl (C=O) groups is 1. The topological polar surface area (TPSA) is 51.7 Å². The van der Waals surface area contributed by atoms with Gasteiger partial charge in [0.2, 0.25) is 6.79 Å². The third-order valence-corrected chi connectivity index (χ3v) is 3.35. The number of benzene rings is 1. The summed E-state index contributed by atoms with van der Waals surface area (Å²) in [5, 5.41) is 0.303. The van der Waals surface area contributed by atoms with Gasteiger partial charge in [0.05, 0.1) is 0 Å². The minimum Gasteiger partial charge on any atom is -0.454 e. The molecule has 3 rings (SSSR count). The molecule has 0 spiro atoms. The standard InChI is InChI=1S/C15H13ClN2O3/c1-18(15(19)11-3-2-4-14(16)17-11)8-10-5-6-12-13(7-10)21-9-20-12/h2-7H,8-9H2,1H3. The maximum absolute atomic E-state index is 12.3. The van der Waals surface area contributed by atoms with Crippen LogP contribution in [0.15, 0.2) is 36.4 Å². The summed E-state index contributed by atoms with van der Waals surface area (Å²) in [6.07, 6.45) is 0. The van der Waals surface area contributed by atoms with Crippen molar-refractivity contribution in [1.29, 1.82) is 0 Å². The Balaban J connectivity index is 1.74. The molecule has 21 heavy (non-hydrogen) atoms. The van der Waals surface area contributed by atoms with Crippen molar-refractivity contribution in [2.75, 3.05) is 13.8 Å². The van der Waals surface area contributed by atoms with E-state index in [1.807, 2.05) is 18.2 Å². The van der Waals surface area contributed by atoms with E-state index in [1.54, 1.807) is 30.1 Å². The third kappa shape index (κ3) is 2.92. The van der Waals surface area contributed by atoms with E-state index in [2.05, 4.69) is 4.98 Å². The zero-order valence-electron chi connectivity index (χ0n) is 11.4.